The number of hydrogen-bond acceptors (Lipinski definition) is 4. The zero-order valence-electron chi connectivity index (χ0n) is 11.5. The molecule has 0 spiro atoms. The first-order chi connectivity index (χ1) is 10.4. The third-order valence-electron chi connectivity index (χ3n) is 2.68. The molecule has 116 valence electrons. The first-order valence-electron chi connectivity index (χ1n) is 6.14. The van der Waals surface area contributed by atoms with E-state index >= 15 is 0 Å². The second kappa shape index (κ2) is 6.44. The van der Waals surface area contributed by atoms with Gasteiger partial charge >= 0.3 is 6.09 Å². The van der Waals surface area contributed by atoms with Gasteiger partial charge in [-0.1, -0.05) is 6.07 Å². The average molecular weight is 324 g/mol. The molecule has 0 aliphatic rings. The van der Waals surface area contributed by atoms with E-state index in [0.29, 0.717) is 5.69 Å². The van der Waals surface area contributed by atoms with Gasteiger partial charge < -0.3 is 4.74 Å². The van der Waals surface area contributed by atoms with Crippen molar-refractivity contribution in [3.05, 3.63) is 54.3 Å². The van der Waals surface area contributed by atoms with E-state index in [4.69, 9.17) is 0 Å². The highest BCUT2D eigenvalue weighted by atomic mass is 32.2. The molecule has 0 saturated heterocycles. The summed E-state index contributed by atoms with van der Waals surface area (Å²) in [5, 5.41) is 2.43. The smallest absolute Gasteiger partial charge is 0.411 e. The van der Waals surface area contributed by atoms with E-state index < -0.39 is 21.9 Å². The summed E-state index contributed by atoms with van der Waals surface area (Å²) in [7, 11) is -2.65. The standard InChI is InChI=1S/C14H13FN2O4S/c1-21-14(18)16-11-5-7-12(8-6-11)17-22(19,20)13-4-2-3-10(15)9-13/h2-9,17H,1H3,(H,16,18). The molecule has 0 bridgehead atoms. The normalized spacial score (nSPS) is 10.8. The lowest BCUT2D eigenvalue weighted by Crippen LogP contribution is -2.13. The number of rotatable bonds is 4. The highest BCUT2D eigenvalue weighted by Gasteiger charge is 2.14. The third kappa shape index (κ3) is 3.95. The fourth-order valence-electron chi connectivity index (χ4n) is 1.64. The quantitative estimate of drug-likeness (QED) is 0.905. The minimum absolute atomic E-state index is 0.177. The molecule has 0 aromatic heterocycles. The fraction of sp³-hybridized carbons (Fsp3) is 0.0714. The van der Waals surface area contributed by atoms with Crippen LogP contribution in [0.25, 0.3) is 0 Å². The molecule has 6 nitrogen and oxygen atoms in total. The van der Waals surface area contributed by atoms with E-state index in [-0.39, 0.29) is 10.6 Å². The Morgan fingerprint density at radius 3 is 2.32 bits per heavy atom. The number of anilines is 2. The van der Waals surface area contributed by atoms with Crippen molar-refractivity contribution >= 4 is 27.5 Å². The number of amides is 1. The Morgan fingerprint density at radius 1 is 1.09 bits per heavy atom. The number of methoxy groups -OCH3 is 1. The van der Waals surface area contributed by atoms with Crippen molar-refractivity contribution in [3.63, 3.8) is 0 Å². The Hall–Kier alpha value is -2.61. The summed E-state index contributed by atoms with van der Waals surface area (Å²) < 4.78 is 44.0. The zero-order chi connectivity index (χ0) is 16.2. The molecule has 0 heterocycles. The average Bonchev–Trinajstić information content (AvgIpc) is 2.49. The lowest BCUT2D eigenvalue weighted by molar-refractivity contribution is 0.187. The van der Waals surface area contributed by atoms with Gasteiger partial charge in [-0.25, -0.2) is 17.6 Å². The molecule has 0 unspecified atom stereocenters. The van der Waals surface area contributed by atoms with Crippen LogP contribution in [0.4, 0.5) is 20.6 Å². The molecule has 22 heavy (non-hydrogen) atoms. The fourth-order valence-corrected chi connectivity index (χ4v) is 2.73. The van der Waals surface area contributed by atoms with Gasteiger partial charge in [-0.2, -0.15) is 0 Å². The Morgan fingerprint density at radius 2 is 1.73 bits per heavy atom. The van der Waals surface area contributed by atoms with Gasteiger partial charge in [0.05, 0.1) is 12.0 Å². The molecular weight excluding hydrogens is 311 g/mol. The summed E-state index contributed by atoms with van der Waals surface area (Å²) in [6, 6.07) is 10.6. The van der Waals surface area contributed by atoms with Crippen molar-refractivity contribution < 1.29 is 22.3 Å². The van der Waals surface area contributed by atoms with Gasteiger partial charge in [-0.3, -0.25) is 10.0 Å². The molecule has 2 aromatic rings. The van der Waals surface area contributed by atoms with Crippen LogP contribution in [0.5, 0.6) is 0 Å². The maximum Gasteiger partial charge on any atom is 0.411 e. The molecule has 0 fully saturated rings. The van der Waals surface area contributed by atoms with Crippen LogP contribution in [-0.4, -0.2) is 21.6 Å². The maximum atomic E-state index is 13.1. The van der Waals surface area contributed by atoms with Crippen LogP contribution in [0, 0.1) is 5.82 Å². The first-order valence-corrected chi connectivity index (χ1v) is 7.62. The molecule has 0 aliphatic carbocycles. The van der Waals surface area contributed by atoms with E-state index in [0.717, 1.165) is 12.1 Å². The molecule has 2 N–H and O–H groups in total. The number of carbonyl (C=O) groups is 1. The van der Waals surface area contributed by atoms with Crippen LogP contribution in [-0.2, 0) is 14.8 Å². The monoisotopic (exact) mass is 324 g/mol. The maximum absolute atomic E-state index is 13.1. The van der Waals surface area contributed by atoms with E-state index in [1.807, 2.05) is 0 Å². The summed E-state index contributed by atoms with van der Waals surface area (Å²) in [5.41, 5.74) is 0.722. The molecule has 8 heteroatoms. The van der Waals surface area contributed by atoms with Crippen molar-refractivity contribution in [2.45, 2.75) is 4.90 Å². The van der Waals surface area contributed by atoms with Gasteiger partial charge in [-0.15, -0.1) is 0 Å². The lowest BCUT2D eigenvalue weighted by atomic mass is 10.3. The predicted molar refractivity (Wildman–Crippen MR) is 79.7 cm³/mol. The Balaban J connectivity index is 2.15. The number of benzene rings is 2. The van der Waals surface area contributed by atoms with E-state index in [1.165, 1.54) is 43.5 Å². The minimum Gasteiger partial charge on any atom is -0.453 e. The zero-order valence-corrected chi connectivity index (χ0v) is 12.4. The summed E-state index contributed by atoms with van der Waals surface area (Å²) in [6.45, 7) is 0. The third-order valence-corrected chi connectivity index (χ3v) is 4.05. The van der Waals surface area contributed by atoms with Crippen molar-refractivity contribution in [1.82, 2.24) is 0 Å². The van der Waals surface area contributed by atoms with Crippen molar-refractivity contribution in [2.24, 2.45) is 0 Å². The molecule has 1 amide bonds. The van der Waals surface area contributed by atoms with Crippen molar-refractivity contribution in [1.29, 1.82) is 0 Å². The van der Waals surface area contributed by atoms with E-state index in [1.54, 1.807) is 0 Å². The summed E-state index contributed by atoms with van der Waals surface area (Å²) >= 11 is 0. The topological polar surface area (TPSA) is 84.5 Å². The van der Waals surface area contributed by atoms with Gasteiger partial charge in [0.15, 0.2) is 0 Å². The molecule has 0 radical (unpaired) electrons. The number of ether oxygens (including phenoxy) is 1. The molecule has 0 saturated carbocycles. The largest absolute Gasteiger partial charge is 0.453 e. The van der Waals surface area contributed by atoms with Crippen LogP contribution in [0.3, 0.4) is 0 Å². The van der Waals surface area contributed by atoms with E-state index in [2.05, 4.69) is 14.8 Å². The Labute approximate surface area is 127 Å². The number of sulfonamides is 1. The van der Waals surface area contributed by atoms with Crippen LogP contribution < -0.4 is 10.0 Å². The van der Waals surface area contributed by atoms with Crippen molar-refractivity contribution in [2.75, 3.05) is 17.1 Å². The molecule has 2 aromatic carbocycles. The molecule has 0 atom stereocenters. The number of hydrogen-bond donors (Lipinski definition) is 2. The Kier molecular flexibility index (Phi) is 4.62. The van der Waals surface area contributed by atoms with Crippen molar-refractivity contribution in [3.8, 4) is 0 Å². The highest BCUT2D eigenvalue weighted by Crippen LogP contribution is 2.19. The summed E-state index contributed by atoms with van der Waals surface area (Å²) in [5.74, 6) is -0.638. The van der Waals surface area contributed by atoms with Gasteiger partial charge in [0.1, 0.15) is 5.82 Å². The minimum atomic E-state index is -3.88. The highest BCUT2D eigenvalue weighted by molar-refractivity contribution is 7.92. The summed E-state index contributed by atoms with van der Waals surface area (Å²) in [4.78, 5) is 10.9. The van der Waals surface area contributed by atoms with Gasteiger partial charge in [-0.05, 0) is 42.5 Å². The van der Waals surface area contributed by atoms with Crippen LogP contribution in [0.2, 0.25) is 0 Å². The lowest BCUT2D eigenvalue weighted by Gasteiger charge is -2.09. The Bertz CT molecular complexity index is 776. The van der Waals surface area contributed by atoms with Crippen LogP contribution in [0.15, 0.2) is 53.4 Å². The van der Waals surface area contributed by atoms with Crippen LogP contribution >= 0.6 is 0 Å². The summed E-state index contributed by atoms with van der Waals surface area (Å²) in [6.07, 6.45) is -0.631. The predicted octanol–water partition coefficient (Wildman–Crippen LogP) is 2.80. The van der Waals surface area contributed by atoms with Crippen LogP contribution in [0.1, 0.15) is 0 Å². The molecule has 0 aliphatic heterocycles. The second-order valence-corrected chi connectivity index (χ2v) is 5.94. The molecular formula is C14H13FN2O4S. The second-order valence-electron chi connectivity index (χ2n) is 4.26. The number of halogens is 1. The first kappa shape index (κ1) is 15.8. The SMILES string of the molecule is COC(=O)Nc1ccc(NS(=O)(=O)c2cccc(F)c2)cc1. The van der Waals surface area contributed by atoms with Gasteiger partial charge in [0, 0.05) is 11.4 Å². The van der Waals surface area contributed by atoms with E-state index in [9.17, 15) is 17.6 Å². The number of nitrogens with one attached hydrogen (secondary N) is 2. The van der Waals surface area contributed by atoms with Gasteiger partial charge in [0.2, 0.25) is 0 Å². The number of carbonyl (C=O) groups excluding carboxylic acids is 1. The van der Waals surface area contributed by atoms with Gasteiger partial charge in [0.25, 0.3) is 10.0 Å². The molecule has 2 rings (SSSR count).